The summed E-state index contributed by atoms with van der Waals surface area (Å²) in [7, 11) is 0. The lowest BCUT2D eigenvalue weighted by Gasteiger charge is -2.08. The summed E-state index contributed by atoms with van der Waals surface area (Å²) in [6, 6.07) is 6.54. The monoisotopic (exact) mass is 153 g/mol. The minimum atomic E-state index is -0.350. The van der Waals surface area contributed by atoms with E-state index < -0.39 is 0 Å². The molecule has 3 N–H and O–H groups in total. The summed E-state index contributed by atoms with van der Waals surface area (Å²) < 4.78 is 5.11. The van der Waals surface area contributed by atoms with E-state index in [-0.39, 0.29) is 12.0 Å². The smallest absolute Gasteiger partial charge is 0.144 e. The van der Waals surface area contributed by atoms with E-state index in [1.165, 1.54) is 6.07 Å². The Labute approximate surface area is 65.4 Å². The van der Waals surface area contributed by atoms with E-state index in [0.717, 1.165) is 0 Å². The van der Waals surface area contributed by atoms with E-state index in [2.05, 4.69) is 0 Å². The Kier molecular flexibility index (Phi) is 2.33. The minimum Gasteiger partial charge on any atom is -0.508 e. The van der Waals surface area contributed by atoms with Crippen LogP contribution in [0.15, 0.2) is 24.3 Å². The topological polar surface area (TPSA) is 55.5 Å². The van der Waals surface area contributed by atoms with E-state index in [1.54, 1.807) is 25.1 Å². The van der Waals surface area contributed by atoms with E-state index in [1.807, 2.05) is 0 Å². The molecule has 0 radical (unpaired) electrons. The van der Waals surface area contributed by atoms with Gasteiger partial charge >= 0.3 is 0 Å². The zero-order valence-corrected chi connectivity index (χ0v) is 6.32. The average molecular weight is 153 g/mol. The predicted molar refractivity (Wildman–Crippen MR) is 42.4 cm³/mol. The van der Waals surface area contributed by atoms with Crippen molar-refractivity contribution in [3.05, 3.63) is 24.3 Å². The second kappa shape index (κ2) is 3.25. The number of rotatable bonds is 2. The van der Waals surface area contributed by atoms with Gasteiger partial charge in [0.2, 0.25) is 0 Å². The van der Waals surface area contributed by atoms with Crippen LogP contribution in [-0.4, -0.2) is 11.3 Å². The molecule has 3 nitrogen and oxygen atoms in total. The number of benzene rings is 1. The number of nitrogens with two attached hydrogens (primary N) is 1. The predicted octanol–water partition coefficient (Wildman–Crippen LogP) is 1.08. The lowest BCUT2D eigenvalue weighted by atomic mass is 10.3. The fourth-order valence-electron chi connectivity index (χ4n) is 0.771. The molecule has 0 fully saturated rings. The fourth-order valence-corrected chi connectivity index (χ4v) is 0.771. The quantitative estimate of drug-likeness (QED) is 0.625. The molecule has 0 saturated carbocycles. The number of ether oxygens (including phenoxy) is 1. The van der Waals surface area contributed by atoms with Crippen molar-refractivity contribution < 1.29 is 9.84 Å². The molecule has 0 heterocycles. The molecule has 3 heteroatoms. The van der Waals surface area contributed by atoms with Crippen LogP contribution in [0.5, 0.6) is 11.5 Å². The molecule has 0 aliphatic rings. The first-order valence-electron chi connectivity index (χ1n) is 3.40. The number of hydrogen-bond donors (Lipinski definition) is 2. The van der Waals surface area contributed by atoms with Gasteiger partial charge in [0.25, 0.3) is 0 Å². The van der Waals surface area contributed by atoms with Crippen molar-refractivity contribution in [1.29, 1.82) is 0 Å². The Morgan fingerprint density at radius 2 is 2.27 bits per heavy atom. The summed E-state index contributed by atoms with van der Waals surface area (Å²) in [6.07, 6.45) is -0.350. The van der Waals surface area contributed by atoms with Crippen LogP contribution in [0.4, 0.5) is 0 Å². The van der Waals surface area contributed by atoms with Crippen LogP contribution in [0.2, 0.25) is 0 Å². The SMILES string of the molecule is CC(N)Oc1cccc(O)c1. The lowest BCUT2D eigenvalue weighted by Crippen LogP contribution is -2.22. The highest BCUT2D eigenvalue weighted by molar-refractivity contribution is 5.31. The number of phenols is 1. The first kappa shape index (κ1) is 7.88. The maximum atomic E-state index is 9.01. The van der Waals surface area contributed by atoms with Crippen LogP contribution in [0.1, 0.15) is 6.92 Å². The van der Waals surface area contributed by atoms with Crippen molar-refractivity contribution >= 4 is 0 Å². The third-order valence-corrected chi connectivity index (χ3v) is 1.14. The third kappa shape index (κ3) is 2.47. The second-order valence-electron chi connectivity index (χ2n) is 2.32. The van der Waals surface area contributed by atoms with Crippen LogP contribution in [0, 0.1) is 0 Å². The Balaban J connectivity index is 2.71. The van der Waals surface area contributed by atoms with Gasteiger partial charge in [-0.05, 0) is 19.1 Å². The number of phenolic OH excluding ortho intramolecular Hbond substituents is 1. The first-order chi connectivity index (χ1) is 5.18. The highest BCUT2D eigenvalue weighted by atomic mass is 16.5. The maximum absolute atomic E-state index is 9.01. The van der Waals surface area contributed by atoms with Gasteiger partial charge in [0.1, 0.15) is 17.7 Å². The van der Waals surface area contributed by atoms with Crippen molar-refractivity contribution in [3.8, 4) is 11.5 Å². The van der Waals surface area contributed by atoms with E-state index in [9.17, 15) is 0 Å². The van der Waals surface area contributed by atoms with Gasteiger partial charge in [0.15, 0.2) is 0 Å². The van der Waals surface area contributed by atoms with Crippen LogP contribution in [0.3, 0.4) is 0 Å². The van der Waals surface area contributed by atoms with Gasteiger partial charge in [-0.25, -0.2) is 0 Å². The average Bonchev–Trinajstić information content (AvgIpc) is 1.85. The van der Waals surface area contributed by atoms with Crippen LogP contribution in [-0.2, 0) is 0 Å². The molecule has 0 spiro atoms. The molecule has 0 bridgehead atoms. The Bertz CT molecular complexity index is 235. The summed E-state index contributed by atoms with van der Waals surface area (Å²) in [5, 5.41) is 9.01. The van der Waals surface area contributed by atoms with Crippen molar-refractivity contribution in [1.82, 2.24) is 0 Å². The molecule has 0 amide bonds. The fraction of sp³-hybridized carbons (Fsp3) is 0.250. The van der Waals surface area contributed by atoms with Crippen LogP contribution < -0.4 is 10.5 Å². The van der Waals surface area contributed by atoms with Gasteiger partial charge in [-0.1, -0.05) is 6.07 Å². The highest BCUT2D eigenvalue weighted by Crippen LogP contribution is 2.17. The summed E-state index contributed by atoms with van der Waals surface area (Å²) in [6.45, 7) is 1.73. The molecule has 1 aromatic carbocycles. The largest absolute Gasteiger partial charge is 0.508 e. The standard InChI is InChI=1S/C8H11NO2/c1-6(9)11-8-4-2-3-7(10)5-8/h2-6,10H,9H2,1H3. The molecule has 0 aliphatic heterocycles. The van der Waals surface area contributed by atoms with Gasteiger partial charge in [-0.2, -0.15) is 0 Å². The number of aromatic hydroxyl groups is 1. The summed E-state index contributed by atoms with van der Waals surface area (Å²) >= 11 is 0. The zero-order chi connectivity index (χ0) is 8.27. The van der Waals surface area contributed by atoms with Crippen molar-refractivity contribution in [2.24, 2.45) is 5.73 Å². The molecular weight excluding hydrogens is 142 g/mol. The van der Waals surface area contributed by atoms with Crippen LogP contribution >= 0.6 is 0 Å². The summed E-state index contributed by atoms with van der Waals surface area (Å²) in [5.41, 5.74) is 5.37. The van der Waals surface area contributed by atoms with Crippen molar-refractivity contribution in [2.45, 2.75) is 13.2 Å². The zero-order valence-electron chi connectivity index (χ0n) is 6.32. The Morgan fingerprint density at radius 3 is 2.82 bits per heavy atom. The Hall–Kier alpha value is -1.22. The normalized spacial score (nSPS) is 12.5. The molecule has 11 heavy (non-hydrogen) atoms. The molecule has 60 valence electrons. The Morgan fingerprint density at radius 1 is 1.55 bits per heavy atom. The van der Waals surface area contributed by atoms with Gasteiger partial charge in [-0.3, -0.25) is 5.73 Å². The molecule has 1 aromatic rings. The van der Waals surface area contributed by atoms with Crippen LogP contribution in [0.25, 0.3) is 0 Å². The van der Waals surface area contributed by atoms with E-state index in [4.69, 9.17) is 15.6 Å². The minimum absolute atomic E-state index is 0.183. The molecule has 1 unspecified atom stereocenters. The molecule has 0 aliphatic carbocycles. The highest BCUT2D eigenvalue weighted by Gasteiger charge is 1.96. The molecular formula is C8H11NO2. The molecule has 1 rings (SSSR count). The van der Waals surface area contributed by atoms with Gasteiger partial charge in [-0.15, -0.1) is 0 Å². The van der Waals surface area contributed by atoms with E-state index >= 15 is 0 Å². The summed E-state index contributed by atoms with van der Waals surface area (Å²) in [4.78, 5) is 0. The van der Waals surface area contributed by atoms with Gasteiger partial charge < -0.3 is 9.84 Å². The second-order valence-corrected chi connectivity index (χ2v) is 2.32. The summed E-state index contributed by atoms with van der Waals surface area (Å²) in [5.74, 6) is 0.767. The van der Waals surface area contributed by atoms with Crippen molar-refractivity contribution in [2.75, 3.05) is 0 Å². The lowest BCUT2D eigenvalue weighted by molar-refractivity contribution is 0.229. The maximum Gasteiger partial charge on any atom is 0.144 e. The van der Waals surface area contributed by atoms with Crippen molar-refractivity contribution in [3.63, 3.8) is 0 Å². The van der Waals surface area contributed by atoms with E-state index in [0.29, 0.717) is 5.75 Å². The molecule has 0 aromatic heterocycles. The number of hydrogen-bond acceptors (Lipinski definition) is 3. The molecule has 1 atom stereocenters. The third-order valence-electron chi connectivity index (χ3n) is 1.14. The van der Waals surface area contributed by atoms with Gasteiger partial charge in [0.05, 0.1) is 0 Å². The van der Waals surface area contributed by atoms with Gasteiger partial charge in [0, 0.05) is 6.07 Å². The molecule has 0 saturated heterocycles. The first-order valence-corrected chi connectivity index (χ1v) is 3.40.